The summed E-state index contributed by atoms with van der Waals surface area (Å²) in [5.74, 6) is 1.73. The molecule has 0 bridgehead atoms. The highest BCUT2D eigenvalue weighted by Crippen LogP contribution is 2.38. The maximum Gasteiger partial charge on any atom is 0.234 e. The minimum absolute atomic E-state index is 0.0269. The SMILES string of the molecule is Cc1cc(Nc2ncc(Cl)c(Nc3ccccc3[S+]([O-])C(C)C)n2)c(OC(C)C)cc1C1CCN(CC(=O)NCCOCCOCC=O)CC1. The van der Waals surface area contributed by atoms with Gasteiger partial charge in [-0.05, 0) is 113 Å². The van der Waals surface area contributed by atoms with E-state index in [1.54, 1.807) is 0 Å². The Hall–Kier alpha value is -3.46. The molecule has 0 saturated carbocycles. The molecule has 3 N–H and O–H groups in total. The van der Waals surface area contributed by atoms with Crippen molar-refractivity contribution in [2.45, 2.75) is 69.6 Å². The van der Waals surface area contributed by atoms with Gasteiger partial charge in [0, 0.05) is 6.54 Å². The molecule has 1 unspecified atom stereocenters. The second-order valence-electron chi connectivity index (χ2n) is 12.6. The molecule has 272 valence electrons. The van der Waals surface area contributed by atoms with Gasteiger partial charge in [0.05, 0.1) is 50.0 Å². The van der Waals surface area contributed by atoms with Gasteiger partial charge in [-0.1, -0.05) is 23.7 Å². The number of carbonyl (C=O) groups is 2. The second kappa shape index (κ2) is 19.8. The van der Waals surface area contributed by atoms with E-state index < -0.39 is 11.2 Å². The van der Waals surface area contributed by atoms with Crippen molar-refractivity contribution in [1.82, 2.24) is 20.2 Å². The molecule has 1 fully saturated rings. The Morgan fingerprint density at radius 2 is 1.82 bits per heavy atom. The maximum absolute atomic E-state index is 12.9. The molecule has 1 saturated heterocycles. The largest absolute Gasteiger partial charge is 0.611 e. The Labute approximate surface area is 303 Å². The summed E-state index contributed by atoms with van der Waals surface area (Å²) < 4.78 is 29.7. The molecule has 2 heterocycles. The number of halogens is 1. The molecule has 1 aromatic heterocycles. The van der Waals surface area contributed by atoms with Crippen LogP contribution in [0.1, 0.15) is 57.6 Å². The minimum Gasteiger partial charge on any atom is -0.611 e. The van der Waals surface area contributed by atoms with Crippen LogP contribution in [0, 0.1) is 6.92 Å². The van der Waals surface area contributed by atoms with Crippen molar-refractivity contribution in [2.24, 2.45) is 0 Å². The van der Waals surface area contributed by atoms with Crippen LogP contribution in [-0.2, 0) is 30.2 Å². The molecule has 50 heavy (non-hydrogen) atoms. The number of aldehydes is 1. The van der Waals surface area contributed by atoms with Crippen LogP contribution in [0.25, 0.3) is 0 Å². The number of ether oxygens (including phenoxy) is 3. The van der Waals surface area contributed by atoms with Crippen molar-refractivity contribution in [3.8, 4) is 5.75 Å². The first-order valence-corrected chi connectivity index (χ1v) is 18.6. The van der Waals surface area contributed by atoms with Gasteiger partial charge >= 0.3 is 0 Å². The number of para-hydroxylation sites is 1. The zero-order chi connectivity index (χ0) is 36.0. The molecule has 0 aliphatic carbocycles. The first-order chi connectivity index (χ1) is 24.0. The Bertz CT molecular complexity index is 1560. The van der Waals surface area contributed by atoms with Crippen LogP contribution >= 0.6 is 11.6 Å². The van der Waals surface area contributed by atoms with Crippen LogP contribution in [-0.4, -0.2) is 95.6 Å². The van der Waals surface area contributed by atoms with Crippen molar-refractivity contribution in [2.75, 3.05) is 63.2 Å². The van der Waals surface area contributed by atoms with E-state index in [2.05, 4.69) is 49.9 Å². The summed E-state index contributed by atoms with van der Waals surface area (Å²) in [4.78, 5) is 34.7. The summed E-state index contributed by atoms with van der Waals surface area (Å²) in [6.07, 6.45) is 4.01. The summed E-state index contributed by atoms with van der Waals surface area (Å²) in [6, 6.07) is 11.6. The zero-order valence-electron chi connectivity index (χ0n) is 29.5. The Kier molecular flexibility index (Phi) is 15.6. The van der Waals surface area contributed by atoms with Crippen molar-refractivity contribution >= 4 is 58.1 Å². The molecule has 1 aliphatic heterocycles. The molecular weight excluding hydrogens is 680 g/mol. The van der Waals surface area contributed by atoms with Gasteiger partial charge in [-0.3, -0.25) is 9.69 Å². The third-order valence-electron chi connectivity index (χ3n) is 8.03. The molecule has 2 aromatic carbocycles. The minimum atomic E-state index is -1.20. The number of piperidine rings is 1. The van der Waals surface area contributed by atoms with Crippen molar-refractivity contribution in [1.29, 1.82) is 0 Å². The molecule has 0 radical (unpaired) electrons. The van der Waals surface area contributed by atoms with Crippen molar-refractivity contribution in [3.05, 3.63) is 58.7 Å². The number of amides is 1. The van der Waals surface area contributed by atoms with E-state index in [0.717, 1.165) is 37.2 Å². The van der Waals surface area contributed by atoms with Gasteiger partial charge in [0.1, 0.15) is 28.9 Å². The second-order valence-corrected chi connectivity index (χ2v) is 15.0. The van der Waals surface area contributed by atoms with Gasteiger partial charge in [0.2, 0.25) is 11.9 Å². The molecular formula is C36H49ClN6O6S. The van der Waals surface area contributed by atoms with Crippen LogP contribution in [0.5, 0.6) is 5.75 Å². The number of likely N-dealkylation sites (tertiary alicyclic amines) is 1. The Morgan fingerprint density at radius 3 is 2.54 bits per heavy atom. The van der Waals surface area contributed by atoms with Crippen molar-refractivity contribution in [3.63, 3.8) is 0 Å². The highest BCUT2D eigenvalue weighted by molar-refractivity contribution is 7.92. The molecule has 1 amide bonds. The smallest absolute Gasteiger partial charge is 0.234 e. The molecule has 0 spiro atoms. The highest BCUT2D eigenvalue weighted by Gasteiger charge is 2.25. The van der Waals surface area contributed by atoms with Gasteiger partial charge in [0.25, 0.3) is 0 Å². The number of hydrogen-bond donors (Lipinski definition) is 3. The quantitative estimate of drug-likeness (QED) is 0.0786. The molecule has 12 nitrogen and oxygen atoms in total. The van der Waals surface area contributed by atoms with Gasteiger partial charge < -0.3 is 39.5 Å². The summed E-state index contributed by atoms with van der Waals surface area (Å²) in [6.45, 7) is 13.5. The number of hydrogen-bond acceptors (Lipinski definition) is 11. The number of aromatic nitrogens is 2. The molecule has 1 aliphatic rings. The van der Waals surface area contributed by atoms with Gasteiger partial charge in [0.15, 0.2) is 10.7 Å². The topological polar surface area (TPSA) is 150 Å². The highest BCUT2D eigenvalue weighted by atomic mass is 35.5. The van der Waals surface area contributed by atoms with E-state index in [9.17, 15) is 14.1 Å². The van der Waals surface area contributed by atoms with Crippen LogP contribution in [0.4, 0.5) is 23.1 Å². The van der Waals surface area contributed by atoms with E-state index in [4.69, 9.17) is 25.8 Å². The fourth-order valence-corrected chi connectivity index (χ4v) is 6.82. The van der Waals surface area contributed by atoms with Gasteiger partial charge in [-0.2, -0.15) is 4.98 Å². The van der Waals surface area contributed by atoms with Gasteiger partial charge in [-0.25, -0.2) is 4.98 Å². The standard InChI is InChI=1S/C36H49ClN6O6S/c1-24(2)49-32-21-28(27-10-13-43(14-11-27)23-34(45)38-12-16-47-18-19-48-17-15-44)26(5)20-31(32)41-36-39-22-29(37)35(42-36)40-30-8-6-7-9-33(30)50(46)25(3)4/h6-9,15,20-22,24-25,27H,10-14,16-19,23H2,1-5H3,(H,38,45)(H2,39,40,41,42). The number of benzene rings is 2. The molecule has 3 aromatic rings. The van der Waals surface area contributed by atoms with E-state index in [1.807, 2.05) is 52.0 Å². The number of anilines is 4. The lowest BCUT2D eigenvalue weighted by atomic mass is 9.86. The normalized spacial score (nSPS) is 14.5. The first kappa shape index (κ1) is 39.3. The average Bonchev–Trinajstić information content (AvgIpc) is 3.08. The summed E-state index contributed by atoms with van der Waals surface area (Å²) >= 11 is 5.30. The van der Waals surface area contributed by atoms with Crippen LogP contribution in [0.15, 0.2) is 47.5 Å². The summed E-state index contributed by atoms with van der Waals surface area (Å²) in [7, 11) is 0. The fraction of sp³-hybridized carbons (Fsp3) is 0.500. The third-order valence-corrected chi connectivity index (χ3v) is 9.95. The number of nitrogens with zero attached hydrogens (tertiary/aromatic N) is 3. The fourth-order valence-electron chi connectivity index (χ4n) is 5.63. The first-order valence-electron chi connectivity index (χ1n) is 17.0. The van der Waals surface area contributed by atoms with Crippen LogP contribution in [0.2, 0.25) is 5.02 Å². The number of nitrogens with one attached hydrogen (secondary N) is 3. The van der Waals surface area contributed by atoms with Crippen LogP contribution < -0.4 is 20.7 Å². The number of carbonyl (C=O) groups excluding carboxylic acids is 2. The van der Waals surface area contributed by atoms with E-state index >= 15 is 0 Å². The Morgan fingerprint density at radius 1 is 1.08 bits per heavy atom. The predicted octanol–water partition coefficient (Wildman–Crippen LogP) is 5.76. The number of rotatable bonds is 19. The van der Waals surface area contributed by atoms with Gasteiger partial charge in [-0.15, -0.1) is 0 Å². The molecule has 14 heteroatoms. The number of aryl methyl sites for hydroxylation is 1. The lowest BCUT2D eigenvalue weighted by Crippen LogP contribution is -2.42. The van der Waals surface area contributed by atoms with E-state index in [-0.39, 0.29) is 23.9 Å². The molecule has 1 atom stereocenters. The average molecular weight is 729 g/mol. The maximum atomic E-state index is 12.9. The van der Waals surface area contributed by atoms with E-state index in [0.29, 0.717) is 78.2 Å². The molecule has 4 rings (SSSR count). The van der Waals surface area contributed by atoms with Crippen LogP contribution in [0.3, 0.4) is 0 Å². The monoisotopic (exact) mass is 728 g/mol. The Balaban J connectivity index is 1.38. The summed E-state index contributed by atoms with van der Waals surface area (Å²) in [5, 5.41) is 9.78. The van der Waals surface area contributed by atoms with Crippen molar-refractivity contribution < 1.29 is 28.4 Å². The third kappa shape index (κ3) is 11.8. The zero-order valence-corrected chi connectivity index (χ0v) is 31.1. The van der Waals surface area contributed by atoms with E-state index in [1.165, 1.54) is 11.8 Å². The summed E-state index contributed by atoms with van der Waals surface area (Å²) in [5.41, 5.74) is 3.75. The lowest BCUT2D eigenvalue weighted by molar-refractivity contribution is -0.122. The lowest BCUT2D eigenvalue weighted by Gasteiger charge is -2.32. The predicted molar refractivity (Wildman–Crippen MR) is 198 cm³/mol.